The number of nitrogens with zero attached hydrogens (tertiary/aromatic N) is 2. The minimum atomic E-state index is -0.571. The van der Waals surface area contributed by atoms with Gasteiger partial charge >= 0.3 is 5.97 Å². The number of hydrogen-bond donors (Lipinski definition) is 1. The molecular weight excluding hydrogens is 448 g/mol. The number of methoxy groups -OCH3 is 1. The van der Waals surface area contributed by atoms with E-state index in [4.69, 9.17) is 4.74 Å². The molecule has 1 aromatic heterocycles. The van der Waals surface area contributed by atoms with Crippen molar-refractivity contribution in [3.8, 4) is 11.1 Å². The third-order valence-electron chi connectivity index (χ3n) is 5.52. The topological polar surface area (TPSA) is 61.9 Å². The number of anilines is 2. The van der Waals surface area contributed by atoms with Crippen LogP contribution in [0, 0.1) is 11.6 Å². The summed E-state index contributed by atoms with van der Waals surface area (Å²) >= 11 is 1.22. The molecule has 2 aromatic carbocycles. The summed E-state index contributed by atoms with van der Waals surface area (Å²) in [5.74, 6) is -1.44. The Labute approximate surface area is 194 Å². The molecule has 0 bridgehead atoms. The number of nitrogens with one attached hydrogen (secondary N) is 1. The van der Waals surface area contributed by atoms with E-state index in [1.54, 1.807) is 29.6 Å². The van der Waals surface area contributed by atoms with Crippen molar-refractivity contribution in [3.05, 3.63) is 71.1 Å². The number of benzene rings is 2. The third-order valence-corrected chi connectivity index (χ3v) is 6.42. The monoisotopic (exact) mass is 471 g/mol. The maximum absolute atomic E-state index is 13.3. The van der Waals surface area contributed by atoms with Gasteiger partial charge in [0.2, 0.25) is 5.91 Å². The Balaban J connectivity index is 1.40. The lowest BCUT2D eigenvalue weighted by Crippen LogP contribution is -2.48. The van der Waals surface area contributed by atoms with Crippen LogP contribution in [0.15, 0.2) is 53.9 Å². The first-order chi connectivity index (χ1) is 15.9. The summed E-state index contributed by atoms with van der Waals surface area (Å²) in [7, 11) is 1.28. The fraction of sp³-hybridized carbons (Fsp3) is 0.250. The van der Waals surface area contributed by atoms with E-state index >= 15 is 0 Å². The Morgan fingerprint density at radius 2 is 1.58 bits per heavy atom. The highest BCUT2D eigenvalue weighted by Crippen LogP contribution is 2.36. The van der Waals surface area contributed by atoms with E-state index in [-0.39, 0.29) is 29.6 Å². The second-order valence-electron chi connectivity index (χ2n) is 7.64. The van der Waals surface area contributed by atoms with Crippen LogP contribution < -0.4 is 10.2 Å². The number of piperazine rings is 1. The zero-order valence-corrected chi connectivity index (χ0v) is 18.8. The average Bonchev–Trinajstić information content (AvgIpc) is 3.23. The summed E-state index contributed by atoms with van der Waals surface area (Å²) in [6, 6.07) is 12.2. The molecule has 0 spiro atoms. The Kier molecular flexibility index (Phi) is 7.00. The maximum atomic E-state index is 13.3. The Hall–Kier alpha value is -3.30. The highest BCUT2D eigenvalue weighted by atomic mass is 32.1. The van der Waals surface area contributed by atoms with Crippen LogP contribution in [0.1, 0.15) is 10.4 Å². The Morgan fingerprint density at radius 3 is 2.18 bits per heavy atom. The first kappa shape index (κ1) is 22.9. The normalized spacial score (nSPS) is 14.2. The van der Waals surface area contributed by atoms with E-state index in [1.165, 1.54) is 42.7 Å². The number of carbonyl (C=O) groups is 2. The van der Waals surface area contributed by atoms with E-state index in [9.17, 15) is 18.4 Å². The van der Waals surface area contributed by atoms with Gasteiger partial charge < -0.3 is 15.0 Å². The molecule has 2 heterocycles. The van der Waals surface area contributed by atoms with Gasteiger partial charge in [0.25, 0.3) is 0 Å². The third kappa shape index (κ3) is 5.37. The van der Waals surface area contributed by atoms with Crippen LogP contribution >= 0.6 is 11.3 Å². The Bertz CT molecular complexity index is 1120. The average molecular weight is 472 g/mol. The van der Waals surface area contributed by atoms with E-state index in [1.807, 2.05) is 4.90 Å². The van der Waals surface area contributed by atoms with Gasteiger partial charge in [0.1, 0.15) is 22.2 Å². The minimum absolute atomic E-state index is 0.182. The standard InChI is InChI=1S/C24H23F2N3O3S/c1-32-24(31)22-20(16-2-4-17(25)5-3-16)15-33-23(22)27-21(30)14-28-10-12-29(13-11-28)19-8-6-18(26)7-9-19/h2-9,15H,10-14H2,1H3,(H,27,30). The summed E-state index contributed by atoms with van der Waals surface area (Å²) in [4.78, 5) is 29.3. The predicted molar refractivity (Wildman–Crippen MR) is 125 cm³/mol. The number of esters is 1. The number of thiophene rings is 1. The van der Waals surface area contributed by atoms with Crippen molar-refractivity contribution in [2.24, 2.45) is 0 Å². The summed E-state index contributed by atoms with van der Waals surface area (Å²) in [6.07, 6.45) is 0. The van der Waals surface area contributed by atoms with Crippen molar-refractivity contribution < 1.29 is 23.1 Å². The van der Waals surface area contributed by atoms with Gasteiger partial charge in [-0.15, -0.1) is 11.3 Å². The van der Waals surface area contributed by atoms with Crippen molar-refractivity contribution in [1.82, 2.24) is 4.90 Å². The predicted octanol–water partition coefficient (Wildman–Crippen LogP) is 4.24. The van der Waals surface area contributed by atoms with E-state index in [2.05, 4.69) is 10.2 Å². The summed E-state index contributed by atoms with van der Waals surface area (Å²) in [6.45, 7) is 2.99. The molecule has 0 saturated carbocycles. The number of halogens is 2. The summed E-state index contributed by atoms with van der Waals surface area (Å²) in [5, 5.41) is 4.98. The maximum Gasteiger partial charge on any atom is 0.341 e. The van der Waals surface area contributed by atoms with Gasteiger partial charge in [-0.3, -0.25) is 9.69 Å². The summed E-state index contributed by atoms with van der Waals surface area (Å²) < 4.78 is 31.4. The van der Waals surface area contributed by atoms with Gasteiger partial charge in [-0.25, -0.2) is 13.6 Å². The highest BCUT2D eigenvalue weighted by Gasteiger charge is 2.24. The lowest BCUT2D eigenvalue weighted by Gasteiger charge is -2.35. The SMILES string of the molecule is COC(=O)c1c(-c2ccc(F)cc2)csc1NC(=O)CN1CCN(c2ccc(F)cc2)CC1. The molecule has 1 amide bonds. The largest absolute Gasteiger partial charge is 0.465 e. The molecule has 0 atom stereocenters. The second kappa shape index (κ2) is 10.1. The van der Waals surface area contributed by atoms with E-state index in [0.29, 0.717) is 29.2 Å². The van der Waals surface area contributed by atoms with Gasteiger partial charge in [-0.2, -0.15) is 0 Å². The molecule has 1 fully saturated rings. The molecule has 1 N–H and O–H groups in total. The van der Waals surface area contributed by atoms with Crippen LogP contribution in [-0.4, -0.2) is 56.6 Å². The van der Waals surface area contributed by atoms with Gasteiger partial charge in [0.15, 0.2) is 0 Å². The van der Waals surface area contributed by atoms with Crippen LogP contribution in [0.4, 0.5) is 19.5 Å². The molecule has 6 nitrogen and oxygen atoms in total. The molecule has 33 heavy (non-hydrogen) atoms. The van der Waals surface area contributed by atoms with Crippen molar-refractivity contribution >= 4 is 33.9 Å². The van der Waals surface area contributed by atoms with Gasteiger partial charge in [0, 0.05) is 42.8 Å². The van der Waals surface area contributed by atoms with E-state index < -0.39 is 5.97 Å². The van der Waals surface area contributed by atoms with Gasteiger partial charge in [0.05, 0.1) is 13.7 Å². The van der Waals surface area contributed by atoms with Crippen LogP contribution in [0.2, 0.25) is 0 Å². The quantitative estimate of drug-likeness (QED) is 0.545. The van der Waals surface area contributed by atoms with Gasteiger partial charge in [-0.1, -0.05) is 12.1 Å². The second-order valence-corrected chi connectivity index (χ2v) is 8.52. The molecule has 1 saturated heterocycles. The molecule has 0 aliphatic carbocycles. The van der Waals surface area contributed by atoms with Crippen LogP contribution in [0.5, 0.6) is 0 Å². The number of rotatable bonds is 6. The lowest BCUT2D eigenvalue weighted by molar-refractivity contribution is -0.117. The first-order valence-corrected chi connectivity index (χ1v) is 11.3. The zero-order chi connectivity index (χ0) is 23.4. The molecule has 1 aliphatic rings. The number of amides is 1. The molecule has 3 aromatic rings. The molecule has 172 valence electrons. The van der Waals surface area contributed by atoms with Crippen LogP contribution in [0.3, 0.4) is 0 Å². The molecule has 4 rings (SSSR count). The lowest BCUT2D eigenvalue weighted by atomic mass is 10.0. The van der Waals surface area contributed by atoms with E-state index in [0.717, 1.165) is 18.8 Å². The van der Waals surface area contributed by atoms with Gasteiger partial charge in [-0.05, 0) is 42.0 Å². The summed E-state index contributed by atoms with van der Waals surface area (Å²) in [5.41, 5.74) is 2.44. The molecule has 9 heteroatoms. The minimum Gasteiger partial charge on any atom is -0.465 e. The van der Waals surface area contributed by atoms with Crippen molar-refractivity contribution in [1.29, 1.82) is 0 Å². The zero-order valence-electron chi connectivity index (χ0n) is 18.0. The highest BCUT2D eigenvalue weighted by molar-refractivity contribution is 7.15. The van der Waals surface area contributed by atoms with Crippen molar-refractivity contribution in [2.75, 3.05) is 50.1 Å². The van der Waals surface area contributed by atoms with Crippen molar-refractivity contribution in [2.45, 2.75) is 0 Å². The fourth-order valence-electron chi connectivity index (χ4n) is 3.78. The number of hydrogen-bond acceptors (Lipinski definition) is 6. The Morgan fingerprint density at radius 1 is 0.970 bits per heavy atom. The number of carbonyl (C=O) groups excluding carboxylic acids is 2. The fourth-order valence-corrected chi connectivity index (χ4v) is 4.76. The smallest absolute Gasteiger partial charge is 0.341 e. The van der Waals surface area contributed by atoms with Crippen molar-refractivity contribution in [3.63, 3.8) is 0 Å². The van der Waals surface area contributed by atoms with Crippen LogP contribution in [-0.2, 0) is 9.53 Å². The molecule has 0 radical (unpaired) electrons. The van der Waals surface area contributed by atoms with Crippen LogP contribution in [0.25, 0.3) is 11.1 Å². The first-order valence-electron chi connectivity index (χ1n) is 10.4. The number of ether oxygens (including phenoxy) is 1. The molecule has 0 unspecified atom stereocenters. The molecular formula is C24H23F2N3O3S. The molecule has 1 aliphatic heterocycles.